The van der Waals surface area contributed by atoms with Crippen molar-refractivity contribution in [1.29, 1.82) is 0 Å². The summed E-state index contributed by atoms with van der Waals surface area (Å²) in [6.07, 6.45) is 1.06. The Labute approximate surface area is 211 Å². The predicted molar refractivity (Wildman–Crippen MR) is 134 cm³/mol. The Kier molecular flexibility index (Phi) is 7.55. The molecule has 0 radical (unpaired) electrons. The van der Waals surface area contributed by atoms with Crippen LogP contribution in [0.25, 0.3) is 0 Å². The van der Waals surface area contributed by atoms with Gasteiger partial charge in [-0.25, -0.2) is 0 Å². The lowest BCUT2D eigenvalue weighted by Crippen LogP contribution is -2.47. The highest BCUT2D eigenvalue weighted by Crippen LogP contribution is 2.47. The van der Waals surface area contributed by atoms with E-state index in [4.69, 9.17) is 14.2 Å². The van der Waals surface area contributed by atoms with Crippen molar-refractivity contribution in [2.45, 2.75) is 62.9 Å². The van der Waals surface area contributed by atoms with E-state index in [9.17, 15) is 14.7 Å². The zero-order valence-electron chi connectivity index (χ0n) is 20.5. The number of aliphatic hydroxyl groups is 1. The first-order valence-electron chi connectivity index (χ1n) is 12.8. The molecule has 2 amide bonds. The number of hydrogen-bond acceptors (Lipinski definition) is 6. The van der Waals surface area contributed by atoms with Gasteiger partial charge in [0, 0.05) is 36.3 Å². The fourth-order valence-electron chi connectivity index (χ4n) is 5.50. The molecule has 5 atom stereocenters. The number of nitrogens with one attached hydrogen (secondary N) is 2. The Morgan fingerprint density at radius 3 is 2.64 bits per heavy atom. The largest absolute Gasteiger partial charge is 0.487 e. The van der Waals surface area contributed by atoms with Crippen molar-refractivity contribution in [1.82, 2.24) is 5.32 Å². The highest BCUT2D eigenvalue weighted by molar-refractivity contribution is 5.92. The van der Waals surface area contributed by atoms with E-state index in [1.54, 1.807) is 0 Å². The molecule has 0 unspecified atom stereocenters. The van der Waals surface area contributed by atoms with E-state index in [0.717, 1.165) is 35.4 Å². The minimum absolute atomic E-state index is 0.0102. The number of anilines is 1. The number of rotatable bonds is 7. The van der Waals surface area contributed by atoms with Gasteiger partial charge in [-0.3, -0.25) is 9.59 Å². The Bertz CT molecular complexity index is 1070. The first-order valence-corrected chi connectivity index (χ1v) is 12.8. The molecule has 0 saturated carbocycles. The minimum atomic E-state index is -0.527. The maximum Gasteiger partial charge on any atom is 0.227 e. The molecule has 3 aliphatic heterocycles. The average molecular weight is 495 g/mol. The number of carbonyl (C=O) groups excluding carboxylic acids is 2. The second-order valence-corrected chi connectivity index (χ2v) is 9.94. The van der Waals surface area contributed by atoms with Crippen molar-refractivity contribution in [2.24, 2.45) is 5.92 Å². The molecule has 8 heteroatoms. The second-order valence-electron chi connectivity index (χ2n) is 9.94. The third-order valence-corrected chi connectivity index (χ3v) is 7.45. The lowest BCUT2D eigenvalue weighted by Gasteiger charge is -2.37. The van der Waals surface area contributed by atoms with Gasteiger partial charge in [-0.15, -0.1) is 0 Å². The summed E-state index contributed by atoms with van der Waals surface area (Å²) in [5, 5.41) is 16.1. The Hall–Kier alpha value is -2.94. The number of amides is 2. The van der Waals surface area contributed by atoms with Crippen LogP contribution >= 0.6 is 0 Å². The third-order valence-electron chi connectivity index (χ3n) is 7.45. The van der Waals surface area contributed by atoms with Gasteiger partial charge in [0.1, 0.15) is 18.0 Å². The van der Waals surface area contributed by atoms with Gasteiger partial charge in [0.2, 0.25) is 11.8 Å². The Morgan fingerprint density at radius 2 is 1.89 bits per heavy atom. The third kappa shape index (κ3) is 5.40. The highest BCUT2D eigenvalue weighted by Gasteiger charge is 2.46. The normalized spacial score (nSPS) is 26.3. The first kappa shape index (κ1) is 24.7. The lowest BCUT2D eigenvalue weighted by atomic mass is 9.84. The lowest BCUT2D eigenvalue weighted by molar-refractivity contribution is -0.142. The highest BCUT2D eigenvalue weighted by atomic mass is 16.6. The van der Waals surface area contributed by atoms with Crippen LogP contribution in [-0.4, -0.2) is 55.1 Å². The minimum Gasteiger partial charge on any atom is -0.487 e. The summed E-state index contributed by atoms with van der Waals surface area (Å²) in [6, 6.07) is 15.4. The van der Waals surface area contributed by atoms with E-state index >= 15 is 0 Å². The monoisotopic (exact) mass is 494 g/mol. The van der Waals surface area contributed by atoms with Crippen LogP contribution in [0.4, 0.5) is 5.69 Å². The number of carbonyl (C=O) groups is 2. The van der Waals surface area contributed by atoms with Gasteiger partial charge in [0.15, 0.2) is 0 Å². The van der Waals surface area contributed by atoms with Crippen LogP contribution in [0.15, 0.2) is 48.5 Å². The van der Waals surface area contributed by atoms with Gasteiger partial charge in [-0.05, 0) is 49.9 Å². The van der Waals surface area contributed by atoms with Crippen molar-refractivity contribution < 1.29 is 28.9 Å². The molecule has 3 heterocycles. The zero-order valence-corrected chi connectivity index (χ0v) is 20.5. The number of aliphatic hydroxyl groups excluding tert-OH is 1. The molecule has 3 aliphatic rings. The molecule has 192 valence electrons. The van der Waals surface area contributed by atoms with Crippen molar-refractivity contribution in [2.75, 3.05) is 25.1 Å². The first-order chi connectivity index (χ1) is 17.5. The average Bonchev–Trinajstić information content (AvgIpc) is 3.27. The molecule has 5 rings (SSSR count). The van der Waals surface area contributed by atoms with E-state index in [1.165, 1.54) is 0 Å². The van der Waals surface area contributed by atoms with Crippen LogP contribution in [0, 0.1) is 5.92 Å². The van der Waals surface area contributed by atoms with Crippen LogP contribution in [-0.2, 0) is 19.1 Å². The number of ether oxygens (including phenoxy) is 3. The fourth-order valence-corrected chi connectivity index (χ4v) is 5.50. The molecule has 3 N–H and O–H groups in total. The van der Waals surface area contributed by atoms with Gasteiger partial charge < -0.3 is 30.0 Å². The van der Waals surface area contributed by atoms with Crippen molar-refractivity contribution >= 4 is 17.5 Å². The molecular formula is C28H34N2O6. The van der Waals surface area contributed by atoms with E-state index in [2.05, 4.69) is 10.6 Å². The summed E-state index contributed by atoms with van der Waals surface area (Å²) in [5.74, 6) is 0.576. The number of hydrogen-bond donors (Lipinski definition) is 3. The van der Waals surface area contributed by atoms with E-state index < -0.39 is 6.10 Å². The van der Waals surface area contributed by atoms with Gasteiger partial charge in [-0.1, -0.05) is 30.3 Å². The summed E-state index contributed by atoms with van der Waals surface area (Å²) in [4.78, 5) is 25.5. The smallest absolute Gasteiger partial charge is 0.227 e. The van der Waals surface area contributed by atoms with E-state index in [1.807, 2.05) is 55.5 Å². The summed E-state index contributed by atoms with van der Waals surface area (Å²) in [7, 11) is 0. The quantitative estimate of drug-likeness (QED) is 0.545. The molecule has 8 nitrogen and oxygen atoms in total. The Morgan fingerprint density at radius 1 is 1.11 bits per heavy atom. The van der Waals surface area contributed by atoms with E-state index in [-0.39, 0.29) is 54.9 Å². The molecule has 2 saturated heterocycles. The van der Waals surface area contributed by atoms with Crippen molar-refractivity contribution in [3.8, 4) is 5.75 Å². The van der Waals surface area contributed by atoms with Crippen LogP contribution in [0.3, 0.4) is 0 Å². The molecule has 2 fully saturated rings. The fraction of sp³-hybridized carbons (Fsp3) is 0.500. The molecule has 0 spiro atoms. The van der Waals surface area contributed by atoms with Gasteiger partial charge in [0.05, 0.1) is 25.2 Å². The predicted octanol–water partition coefficient (Wildman–Crippen LogP) is 3.31. The Balaban J connectivity index is 1.25. The van der Waals surface area contributed by atoms with Crippen LogP contribution < -0.4 is 15.4 Å². The summed E-state index contributed by atoms with van der Waals surface area (Å²) >= 11 is 0. The zero-order chi connectivity index (χ0) is 25.1. The van der Waals surface area contributed by atoms with Gasteiger partial charge >= 0.3 is 0 Å². The molecule has 2 aromatic rings. The van der Waals surface area contributed by atoms with E-state index in [0.29, 0.717) is 19.6 Å². The molecule has 2 aromatic carbocycles. The van der Waals surface area contributed by atoms with Crippen molar-refractivity contribution in [3.63, 3.8) is 0 Å². The standard InChI is InChI=1S/C28H34N2O6/c1-17(18-5-3-2-4-6-18)29-26(32)15-21-14-23-22-13-20(30-28(33)19-9-11-34-12-10-19)7-8-24(22)36-27(23)25(16-31)35-21/h2-8,13,17,19,21,23,25,27,31H,9-12,14-16H2,1H3,(H,29,32)(H,30,33)/t17-,21+,23-,25-,27+/m0/s1. The number of benzene rings is 2. The second kappa shape index (κ2) is 11.0. The molecule has 0 bridgehead atoms. The van der Waals surface area contributed by atoms with Crippen LogP contribution in [0.1, 0.15) is 55.7 Å². The molecule has 36 heavy (non-hydrogen) atoms. The van der Waals surface area contributed by atoms with Crippen LogP contribution in [0.5, 0.6) is 5.75 Å². The molecular weight excluding hydrogens is 460 g/mol. The van der Waals surface area contributed by atoms with Gasteiger partial charge in [-0.2, -0.15) is 0 Å². The summed E-state index contributed by atoms with van der Waals surface area (Å²) in [6.45, 7) is 2.99. The summed E-state index contributed by atoms with van der Waals surface area (Å²) in [5.41, 5.74) is 2.75. The molecule has 0 aliphatic carbocycles. The van der Waals surface area contributed by atoms with Gasteiger partial charge in [0.25, 0.3) is 0 Å². The maximum absolute atomic E-state index is 12.8. The molecule has 0 aromatic heterocycles. The maximum atomic E-state index is 12.8. The van der Waals surface area contributed by atoms with Crippen molar-refractivity contribution in [3.05, 3.63) is 59.7 Å². The summed E-state index contributed by atoms with van der Waals surface area (Å²) < 4.78 is 17.6. The SMILES string of the molecule is C[C@H](NC(=O)C[C@H]1C[C@H]2c3cc(NC(=O)C4CCOCC4)ccc3O[C@H]2[C@H](CO)O1)c1ccccc1. The van der Waals surface area contributed by atoms with Crippen LogP contribution in [0.2, 0.25) is 0 Å². The topological polar surface area (TPSA) is 106 Å². The number of fused-ring (bicyclic) bond motifs is 3.